The monoisotopic (exact) mass is 504 g/mol. The van der Waals surface area contributed by atoms with Crippen LogP contribution in [0.1, 0.15) is 11.1 Å². The van der Waals surface area contributed by atoms with Crippen molar-refractivity contribution in [2.75, 3.05) is 0 Å². The highest BCUT2D eigenvalue weighted by molar-refractivity contribution is 8.36. The van der Waals surface area contributed by atoms with E-state index >= 15 is 0 Å². The van der Waals surface area contributed by atoms with Crippen molar-refractivity contribution in [3.05, 3.63) is 89.3 Å². The second-order valence-corrected chi connectivity index (χ2v) is 24.7. The van der Waals surface area contributed by atoms with E-state index in [0.717, 1.165) is 11.5 Å². The van der Waals surface area contributed by atoms with Gasteiger partial charge in [-0.05, 0) is 20.2 Å². The smallest absolute Gasteiger partial charge is 0.0884 e. The van der Waals surface area contributed by atoms with Crippen LogP contribution in [0.2, 0.25) is 39.3 Å². The van der Waals surface area contributed by atoms with Gasteiger partial charge in [-0.25, -0.2) is 0 Å². The molecule has 0 unspecified atom stereocenters. The average Bonchev–Trinajstić information content (AvgIpc) is 3.11. The van der Waals surface area contributed by atoms with E-state index in [0.29, 0.717) is 0 Å². The lowest BCUT2D eigenvalue weighted by molar-refractivity contribution is 1.42. The van der Waals surface area contributed by atoms with Crippen molar-refractivity contribution in [1.29, 1.82) is 0 Å². The molecule has 0 saturated carbocycles. The highest BCUT2D eigenvalue weighted by atomic mass is 32.2. The summed E-state index contributed by atoms with van der Waals surface area (Å²) in [6, 6.07) is 21.8. The summed E-state index contributed by atoms with van der Waals surface area (Å²) in [5, 5.41) is 0. The molecule has 0 N–H and O–H groups in total. The standard InChI is InChI=1S/C24H32S4Si2/c1-29(2,3)23(26-18-20-15-11-8-12-16-20)22-27-21(24(28-22)30(4,5)6)25-17-19-13-9-7-10-14-19/h7-16H,17-18H2,1-6H3/b23-22+. The molecule has 2 aromatic rings. The minimum Gasteiger partial charge on any atom is -0.129 e. The third kappa shape index (κ3) is 6.88. The number of rotatable bonds is 8. The van der Waals surface area contributed by atoms with Crippen LogP contribution in [-0.2, 0) is 11.5 Å². The molecule has 2 aromatic carbocycles. The Labute approximate surface area is 202 Å². The fraction of sp³-hybridized carbons (Fsp3) is 0.333. The van der Waals surface area contributed by atoms with Crippen LogP contribution in [0, 0.1) is 0 Å². The van der Waals surface area contributed by atoms with Crippen LogP contribution in [0.4, 0.5) is 0 Å². The molecule has 0 radical (unpaired) electrons. The van der Waals surface area contributed by atoms with Gasteiger partial charge in [0, 0.05) is 11.5 Å². The fourth-order valence-electron chi connectivity index (χ4n) is 2.97. The molecular weight excluding hydrogens is 473 g/mol. The van der Waals surface area contributed by atoms with Crippen molar-refractivity contribution in [1.82, 2.24) is 0 Å². The van der Waals surface area contributed by atoms with E-state index in [1.807, 2.05) is 11.8 Å². The second-order valence-electron chi connectivity index (χ2n) is 9.49. The van der Waals surface area contributed by atoms with Crippen LogP contribution in [0.15, 0.2) is 78.2 Å². The highest BCUT2D eigenvalue weighted by Crippen LogP contribution is 2.59. The summed E-state index contributed by atoms with van der Waals surface area (Å²) in [5.41, 5.74) is 2.83. The van der Waals surface area contributed by atoms with Gasteiger partial charge in [0.05, 0.1) is 24.6 Å². The van der Waals surface area contributed by atoms with Gasteiger partial charge < -0.3 is 0 Å². The van der Waals surface area contributed by atoms with Gasteiger partial charge in [-0.2, -0.15) is 0 Å². The molecule has 0 bridgehead atoms. The predicted octanol–water partition coefficient (Wildman–Crippen LogP) is 9.43. The Morgan fingerprint density at radius 1 is 0.733 bits per heavy atom. The van der Waals surface area contributed by atoms with Crippen LogP contribution in [0.5, 0.6) is 0 Å². The summed E-state index contributed by atoms with van der Waals surface area (Å²) in [5.74, 6) is 2.13. The molecule has 6 heteroatoms. The van der Waals surface area contributed by atoms with Gasteiger partial charge >= 0.3 is 0 Å². The maximum Gasteiger partial charge on any atom is 0.0884 e. The van der Waals surface area contributed by atoms with E-state index < -0.39 is 16.1 Å². The molecule has 1 aliphatic rings. The topological polar surface area (TPSA) is 0 Å². The van der Waals surface area contributed by atoms with E-state index in [-0.39, 0.29) is 0 Å². The van der Waals surface area contributed by atoms with Crippen molar-refractivity contribution >= 4 is 63.2 Å². The van der Waals surface area contributed by atoms with E-state index in [9.17, 15) is 0 Å². The number of hydrogen-bond acceptors (Lipinski definition) is 4. The Hall–Kier alpha value is -0.246. The molecule has 0 saturated heterocycles. The van der Waals surface area contributed by atoms with E-state index in [1.165, 1.54) is 11.1 Å². The Balaban J connectivity index is 1.83. The molecule has 0 amide bonds. The summed E-state index contributed by atoms with van der Waals surface area (Å²) in [7, 11) is -2.82. The first-order chi connectivity index (χ1) is 14.1. The molecule has 0 aromatic heterocycles. The average molecular weight is 505 g/mol. The maximum atomic E-state index is 2.50. The number of thioether (sulfide) groups is 4. The molecule has 0 spiro atoms. The quantitative estimate of drug-likeness (QED) is 0.328. The zero-order valence-corrected chi connectivity index (χ0v) is 24.1. The second kappa shape index (κ2) is 10.6. The lowest BCUT2D eigenvalue weighted by atomic mass is 10.2. The third-order valence-electron chi connectivity index (χ3n) is 4.55. The van der Waals surface area contributed by atoms with Gasteiger partial charge in [0.15, 0.2) is 0 Å². The first-order valence-corrected chi connectivity index (χ1v) is 20.9. The first kappa shape index (κ1) is 24.4. The zero-order chi connectivity index (χ0) is 21.8. The summed E-state index contributed by atoms with van der Waals surface area (Å²) in [4.78, 5) is 0. The van der Waals surface area contributed by atoms with Crippen LogP contribution in [0.3, 0.4) is 0 Å². The van der Waals surface area contributed by atoms with E-state index in [4.69, 9.17) is 0 Å². The van der Waals surface area contributed by atoms with Gasteiger partial charge in [0.1, 0.15) is 0 Å². The Bertz CT molecular complexity index is 908. The normalized spacial score (nSPS) is 16.9. The van der Waals surface area contributed by atoms with Crippen LogP contribution >= 0.6 is 47.0 Å². The molecule has 160 valence electrons. The van der Waals surface area contributed by atoms with Gasteiger partial charge in [-0.1, -0.05) is 123 Å². The van der Waals surface area contributed by atoms with Gasteiger partial charge in [0.25, 0.3) is 0 Å². The van der Waals surface area contributed by atoms with E-state index in [2.05, 4.69) is 135 Å². The summed E-state index contributed by atoms with van der Waals surface area (Å²) >= 11 is 8.31. The zero-order valence-electron chi connectivity index (χ0n) is 18.8. The largest absolute Gasteiger partial charge is 0.129 e. The van der Waals surface area contributed by atoms with Crippen molar-refractivity contribution in [3.8, 4) is 0 Å². The van der Waals surface area contributed by atoms with Crippen molar-refractivity contribution in [2.24, 2.45) is 0 Å². The van der Waals surface area contributed by atoms with Crippen LogP contribution in [-0.4, -0.2) is 16.1 Å². The molecule has 0 nitrogen and oxygen atoms in total. The Kier molecular flexibility index (Phi) is 8.60. The minimum atomic E-state index is -1.43. The van der Waals surface area contributed by atoms with Crippen LogP contribution < -0.4 is 0 Å². The number of hydrogen-bond donors (Lipinski definition) is 0. The molecule has 30 heavy (non-hydrogen) atoms. The Morgan fingerprint density at radius 2 is 1.27 bits per heavy atom. The third-order valence-corrected chi connectivity index (χ3v) is 18.0. The summed E-state index contributed by atoms with van der Waals surface area (Å²) in [6.07, 6.45) is 0. The minimum absolute atomic E-state index is 1.06. The molecule has 0 fully saturated rings. The van der Waals surface area contributed by atoms with Gasteiger partial charge in [-0.3, -0.25) is 0 Å². The summed E-state index contributed by atoms with van der Waals surface area (Å²) < 4.78 is 6.49. The van der Waals surface area contributed by atoms with E-state index in [1.54, 1.807) is 17.5 Å². The maximum absolute atomic E-state index is 2.50. The SMILES string of the molecule is C[Si](C)(C)C1=C(SCc2ccccc2)S/C(=C(/SCc2ccccc2)[Si](C)(C)C)S1. The van der Waals surface area contributed by atoms with Crippen molar-refractivity contribution < 1.29 is 0 Å². The molecule has 1 heterocycles. The first-order valence-electron chi connectivity index (χ1n) is 10.3. The number of benzene rings is 2. The van der Waals surface area contributed by atoms with Crippen LogP contribution in [0.25, 0.3) is 0 Å². The van der Waals surface area contributed by atoms with Gasteiger partial charge in [-0.15, -0.1) is 23.5 Å². The molecule has 0 atom stereocenters. The van der Waals surface area contributed by atoms with Gasteiger partial charge in [0.2, 0.25) is 0 Å². The molecule has 0 aliphatic carbocycles. The Morgan fingerprint density at radius 3 is 1.77 bits per heavy atom. The predicted molar refractivity (Wildman–Crippen MR) is 151 cm³/mol. The highest BCUT2D eigenvalue weighted by Gasteiger charge is 2.35. The van der Waals surface area contributed by atoms with Crippen molar-refractivity contribution in [2.45, 2.75) is 50.8 Å². The summed E-state index contributed by atoms with van der Waals surface area (Å²) in [6.45, 7) is 15.0. The lowest BCUT2D eigenvalue weighted by Crippen LogP contribution is -2.23. The molecular formula is C24H32S4Si2. The fourth-order valence-corrected chi connectivity index (χ4v) is 16.8. The molecule has 1 aliphatic heterocycles. The molecule has 3 rings (SSSR count). The van der Waals surface area contributed by atoms with Crippen molar-refractivity contribution in [3.63, 3.8) is 0 Å². The lowest BCUT2D eigenvalue weighted by Gasteiger charge is -2.23.